The zero-order valence-corrected chi connectivity index (χ0v) is 12.6. The molecule has 1 aliphatic heterocycles. The first kappa shape index (κ1) is 14.8. The van der Waals surface area contributed by atoms with Gasteiger partial charge in [-0.1, -0.05) is 36.4 Å². The quantitative estimate of drug-likeness (QED) is 0.846. The molecule has 6 heteroatoms. The number of benzene rings is 2. The third-order valence-electron chi connectivity index (χ3n) is 3.56. The van der Waals surface area contributed by atoms with Crippen LogP contribution < -0.4 is 9.83 Å². The number of para-hydroxylation sites is 1. The Balaban J connectivity index is 2.04. The Morgan fingerprint density at radius 3 is 2.45 bits per heavy atom. The Bertz CT molecular complexity index is 771. The van der Waals surface area contributed by atoms with Gasteiger partial charge in [-0.25, -0.2) is 0 Å². The van der Waals surface area contributed by atoms with Crippen molar-refractivity contribution >= 4 is 18.6 Å². The van der Waals surface area contributed by atoms with Gasteiger partial charge in [-0.2, -0.15) is 0 Å². The zero-order chi connectivity index (χ0) is 15.7. The molecule has 3 rings (SSSR count). The Labute approximate surface area is 127 Å². The molecule has 0 aliphatic carbocycles. The first-order chi connectivity index (χ1) is 10.5. The lowest BCUT2D eigenvalue weighted by Crippen LogP contribution is -2.26. The molecule has 0 saturated heterocycles. The van der Waals surface area contributed by atoms with E-state index in [2.05, 4.69) is 0 Å². The summed E-state index contributed by atoms with van der Waals surface area (Å²) in [6.45, 7) is 0. The highest BCUT2D eigenvalue weighted by atomic mass is 31.2. The first-order valence-electron chi connectivity index (χ1n) is 6.87. The summed E-state index contributed by atoms with van der Waals surface area (Å²) < 4.78 is 18.9. The number of carbonyl (C=O) groups is 1. The molecule has 0 bridgehead atoms. The van der Waals surface area contributed by atoms with Gasteiger partial charge in [0.05, 0.1) is 24.0 Å². The summed E-state index contributed by atoms with van der Waals surface area (Å²) in [7, 11) is -3.36. The van der Waals surface area contributed by atoms with Crippen LogP contribution in [0.2, 0.25) is 0 Å². The van der Waals surface area contributed by atoms with E-state index in [0.717, 1.165) is 11.1 Å². The van der Waals surface area contributed by atoms with E-state index >= 15 is 0 Å². The summed E-state index contributed by atoms with van der Waals surface area (Å²) in [5.41, 5.74) is 1.65. The number of hydrogen-bond acceptors (Lipinski definition) is 4. The minimum absolute atomic E-state index is 0.218. The summed E-state index contributed by atoms with van der Waals surface area (Å²) in [6, 6.07) is 14.4. The molecule has 2 N–H and O–H groups in total. The summed E-state index contributed by atoms with van der Waals surface area (Å²) in [6.07, 6.45) is -1.90. The summed E-state index contributed by atoms with van der Waals surface area (Å²) in [4.78, 5) is 10.7. The van der Waals surface area contributed by atoms with Gasteiger partial charge >= 0.3 is 5.97 Å². The molecule has 0 spiro atoms. The smallest absolute Gasteiger partial charge is 0.305 e. The van der Waals surface area contributed by atoms with Gasteiger partial charge in [0.15, 0.2) is 0 Å². The topological polar surface area (TPSA) is 83.8 Å². The molecular weight excluding hydrogens is 303 g/mol. The van der Waals surface area contributed by atoms with Gasteiger partial charge in [0, 0.05) is 5.56 Å². The maximum Gasteiger partial charge on any atom is 0.305 e. The van der Waals surface area contributed by atoms with E-state index < -0.39 is 25.9 Å². The number of aliphatic hydroxyl groups excluding tert-OH is 1. The van der Waals surface area contributed by atoms with Crippen molar-refractivity contribution in [2.75, 3.05) is 6.16 Å². The Morgan fingerprint density at radius 1 is 1.09 bits per heavy atom. The molecule has 1 aliphatic rings. The first-order valence-corrected chi connectivity index (χ1v) is 8.68. The molecule has 22 heavy (non-hydrogen) atoms. The van der Waals surface area contributed by atoms with Crippen molar-refractivity contribution in [3.05, 3.63) is 48.5 Å². The normalized spacial score (nSPS) is 20.4. The second-order valence-corrected chi connectivity index (χ2v) is 7.59. The number of carboxylic acids is 1. The average Bonchev–Trinajstić information content (AvgIpc) is 2.46. The number of carboxylic acid groups (broad SMARTS) is 1. The number of aliphatic carboxylic acids is 1. The molecule has 0 radical (unpaired) electrons. The third kappa shape index (κ3) is 2.65. The molecule has 2 atom stereocenters. The summed E-state index contributed by atoms with van der Waals surface area (Å²) in [5, 5.41) is 19.2. The van der Waals surface area contributed by atoms with Crippen molar-refractivity contribution in [1.82, 2.24) is 0 Å². The van der Waals surface area contributed by atoms with Crippen molar-refractivity contribution in [3.8, 4) is 16.9 Å². The highest BCUT2D eigenvalue weighted by molar-refractivity contribution is 7.67. The predicted octanol–water partition coefficient (Wildman–Crippen LogP) is 2.49. The van der Waals surface area contributed by atoms with Crippen molar-refractivity contribution in [3.63, 3.8) is 0 Å². The maximum atomic E-state index is 13.2. The van der Waals surface area contributed by atoms with Crippen molar-refractivity contribution in [2.24, 2.45) is 0 Å². The van der Waals surface area contributed by atoms with Crippen LogP contribution in [0.5, 0.6) is 5.75 Å². The van der Waals surface area contributed by atoms with Crippen LogP contribution >= 0.6 is 7.37 Å². The molecular formula is C16H15O5P. The average molecular weight is 318 g/mol. The van der Waals surface area contributed by atoms with Crippen LogP contribution in [-0.4, -0.2) is 28.4 Å². The van der Waals surface area contributed by atoms with Gasteiger partial charge in [0.25, 0.3) is 7.37 Å². The lowest BCUT2D eigenvalue weighted by molar-refractivity contribution is -0.138. The van der Waals surface area contributed by atoms with Crippen molar-refractivity contribution < 1.29 is 24.1 Å². The van der Waals surface area contributed by atoms with E-state index in [1.165, 1.54) is 0 Å². The SMILES string of the molecule is O=C(O)CC(O)CP1(=O)Oc2ccccc2-c2ccccc21. The molecule has 0 amide bonds. The highest BCUT2D eigenvalue weighted by Crippen LogP contribution is 2.54. The molecule has 0 aromatic heterocycles. The van der Waals surface area contributed by atoms with E-state index in [-0.39, 0.29) is 6.16 Å². The molecule has 2 unspecified atom stereocenters. The predicted molar refractivity (Wildman–Crippen MR) is 82.9 cm³/mol. The standard InChI is InChI=1S/C16H15O5P/c17-11(9-16(18)19)10-22(20)15-8-4-2-6-13(15)12-5-1-3-7-14(12)21-22/h1-8,11,17H,9-10H2,(H,18,19). The van der Waals surface area contributed by atoms with E-state index in [1.54, 1.807) is 24.3 Å². The number of fused-ring (bicyclic) bond motifs is 3. The van der Waals surface area contributed by atoms with E-state index in [4.69, 9.17) is 9.63 Å². The number of hydrogen-bond donors (Lipinski definition) is 2. The third-order valence-corrected chi connectivity index (χ3v) is 6.07. The van der Waals surface area contributed by atoms with Crippen LogP contribution in [0.4, 0.5) is 0 Å². The van der Waals surface area contributed by atoms with E-state index in [1.807, 2.05) is 24.3 Å². The zero-order valence-electron chi connectivity index (χ0n) is 11.7. The fourth-order valence-corrected chi connectivity index (χ4v) is 5.06. The Kier molecular flexibility index (Phi) is 3.77. The molecule has 0 saturated carbocycles. The fraction of sp³-hybridized carbons (Fsp3) is 0.188. The highest BCUT2D eigenvalue weighted by Gasteiger charge is 2.37. The molecule has 1 heterocycles. The van der Waals surface area contributed by atoms with Crippen LogP contribution in [-0.2, 0) is 9.36 Å². The van der Waals surface area contributed by atoms with Crippen LogP contribution in [0.3, 0.4) is 0 Å². The largest absolute Gasteiger partial charge is 0.481 e. The van der Waals surface area contributed by atoms with Gasteiger partial charge in [0.2, 0.25) is 0 Å². The summed E-state index contributed by atoms with van der Waals surface area (Å²) >= 11 is 0. The summed E-state index contributed by atoms with van der Waals surface area (Å²) in [5.74, 6) is -0.642. The molecule has 2 aromatic carbocycles. The molecule has 2 aromatic rings. The van der Waals surface area contributed by atoms with Gasteiger partial charge in [0.1, 0.15) is 5.75 Å². The van der Waals surface area contributed by atoms with E-state index in [0.29, 0.717) is 11.1 Å². The van der Waals surface area contributed by atoms with E-state index in [9.17, 15) is 14.5 Å². The minimum atomic E-state index is -3.36. The fourth-order valence-electron chi connectivity index (χ4n) is 2.65. The monoisotopic (exact) mass is 318 g/mol. The van der Waals surface area contributed by atoms with Crippen molar-refractivity contribution in [1.29, 1.82) is 0 Å². The minimum Gasteiger partial charge on any atom is -0.481 e. The van der Waals surface area contributed by atoms with Crippen molar-refractivity contribution in [2.45, 2.75) is 12.5 Å². The van der Waals surface area contributed by atoms with Gasteiger partial charge in [-0.05, 0) is 17.7 Å². The number of aliphatic hydroxyl groups is 1. The lowest BCUT2D eigenvalue weighted by Gasteiger charge is -2.29. The maximum absolute atomic E-state index is 13.2. The van der Waals surface area contributed by atoms with Crippen LogP contribution in [0.1, 0.15) is 6.42 Å². The second kappa shape index (κ2) is 5.59. The van der Waals surface area contributed by atoms with Crippen LogP contribution in [0.25, 0.3) is 11.1 Å². The van der Waals surface area contributed by atoms with Crippen LogP contribution in [0.15, 0.2) is 48.5 Å². The van der Waals surface area contributed by atoms with Crippen LogP contribution in [0, 0.1) is 0 Å². The Hall–Kier alpha value is -2.10. The van der Waals surface area contributed by atoms with Gasteiger partial charge < -0.3 is 14.7 Å². The second-order valence-electron chi connectivity index (χ2n) is 5.21. The number of rotatable bonds is 4. The molecule has 5 nitrogen and oxygen atoms in total. The van der Waals surface area contributed by atoms with Gasteiger partial charge in [-0.3, -0.25) is 9.36 Å². The Morgan fingerprint density at radius 2 is 1.73 bits per heavy atom. The lowest BCUT2D eigenvalue weighted by atomic mass is 10.0. The molecule has 0 fully saturated rings. The molecule has 114 valence electrons. The van der Waals surface area contributed by atoms with Gasteiger partial charge in [-0.15, -0.1) is 0 Å².